The van der Waals surface area contributed by atoms with E-state index in [-0.39, 0.29) is 6.42 Å². The second kappa shape index (κ2) is 7.04. The molecule has 0 unspecified atom stereocenters. The fourth-order valence-electron chi connectivity index (χ4n) is 1.76. The van der Waals surface area contributed by atoms with E-state index in [0.29, 0.717) is 23.9 Å². The number of carboxylic acids is 1. The van der Waals surface area contributed by atoms with Gasteiger partial charge >= 0.3 is 5.97 Å². The molecular weight excluding hydrogens is 266 g/mol. The first-order valence-corrected chi connectivity index (χ1v) is 6.29. The minimum Gasteiger partial charge on any atom is -0.495 e. The Labute approximate surface area is 118 Å². The SMILES string of the molecule is C=CCN(CCC(=O)O)c1cc(C)c(Cl)cc1OC. The van der Waals surface area contributed by atoms with Crippen molar-refractivity contribution in [3.8, 4) is 5.75 Å². The highest BCUT2D eigenvalue weighted by Gasteiger charge is 2.14. The lowest BCUT2D eigenvalue weighted by Crippen LogP contribution is -2.26. The van der Waals surface area contributed by atoms with E-state index in [9.17, 15) is 4.79 Å². The largest absolute Gasteiger partial charge is 0.495 e. The Hall–Kier alpha value is -1.68. The molecule has 19 heavy (non-hydrogen) atoms. The highest BCUT2D eigenvalue weighted by molar-refractivity contribution is 6.31. The maximum absolute atomic E-state index is 10.7. The molecule has 0 saturated carbocycles. The molecule has 0 atom stereocenters. The van der Waals surface area contributed by atoms with Crippen molar-refractivity contribution < 1.29 is 14.6 Å². The normalized spacial score (nSPS) is 10.1. The number of anilines is 1. The summed E-state index contributed by atoms with van der Waals surface area (Å²) in [7, 11) is 1.56. The molecule has 0 heterocycles. The molecule has 1 aromatic carbocycles. The summed E-state index contributed by atoms with van der Waals surface area (Å²) >= 11 is 6.06. The Kier molecular flexibility index (Phi) is 5.70. The van der Waals surface area contributed by atoms with Gasteiger partial charge in [0.2, 0.25) is 0 Å². The first-order valence-electron chi connectivity index (χ1n) is 5.91. The maximum Gasteiger partial charge on any atom is 0.305 e. The predicted octanol–water partition coefficient (Wildman–Crippen LogP) is 3.12. The van der Waals surface area contributed by atoms with Gasteiger partial charge in [-0.15, -0.1) is 6.58 Å². The second-order valence-corrected chi connectivity index (χ2v) is 4.56. The Balaban J connectivity index is 3.09. The van der Waals surface area contributed by atoms with E-state index >= 15 is 0 Å². The standard InChI is InChI=1S/C14H18ClNO3/c1-4-6-16(7-5-14(17)18)12-8-10(2)11(15)9-13(12)19-3/h4,8-9H,1,5-7H2,2-3H3,(H,17,18). The van der Waals surface area contributed by atoms with Gasteiger partial charge in [0.25, 0.3) is 0 Å². The smallest absolute Gasteiger partial charge is 0.305 e. The number of carbonyl (C=O) groups is 1. The molecule has 0 saturated heterocycles. The molecule has 0 spiro atoms. The summed E-state index contributed by atoms with van der Waals surface area (Å²) in [4.78, 5) is 12.6. The maximum atomic E-state index is 10.7. The van der Waals surface area contributed by atoms with E-state index in [1.807, 2.05) is 17.9 Å². The summed E-state index contributed by atoms with van der Waals surface area (Å²) in [6.07, 6.45) is 1.78. The highest BCUT2D eigenvalue weighted by Crippen LogP contribution is 2.33. The molecule has 0 bridgehead atoms. The number of carboxylic acid groups (broad SMARTS) is 1. The second-order valence-electron chi connectivity index (χ2n) is 4.15. The summed E-state index contributed by atoms with van der Waals surface area (Å²) < 4.78 is 5.31. The van der Waals surface area contributed by atoms with Crippen LogP contribution in [0.5, 0.6) is 5.75 Å². The minimum absolute atomic E-state index is 0.0542. The minimum atomic E-state index is -0.835. The third-order valence-corrected chi connectivity index (χ3v) is 3.15. The summed E-state index contributed by atoms with van der Waals surface area (Å²) in [5.74, 6) is -0.207. The number of aryl methyl sites for hydroxylation is 1. The van der Waals surface area contributed by atoms with E-state index in [0.717, 1.165) is 11.3 Å². The molecule has 0 aliphatic carbocycles. The van der Waals surface area contributed by atoms with Crippen LogP contribution in [0, 0.1) is 6.92 Å². The predicted molar refractivity (Wildman–Crippen MR) is 77.4 cm³/mol. The van der Waals surface area contributed by atoms with Gasteiger partial charge in [0, 0.05) is 24.2 Å². The lowest BCUT2D eigenvalue weighted by molar-refractivity contribution is -0.136. The van der Waals surface area contributed by atoms with E-state index in [2.05, 4.69) is 6.58 Å². The van der Waals surface area contributed by atoms with Crippen molar-refractivity contribution in [3.05, 3.63) is 35.4 Å². The van der Waals surface area contributed by atoms with Gasteiger partial charge in [-0.25, -0.2) is 0 Å². The number of methoxy groups -OCH3 is 1. The van der Waals surface area contributed by atoms with Crippen LogP contribution in [0.1, 0.15) is 12.0 Å². The van der Waals surface area contributed by atoms with E-state index < -0.39 is 5.97 Å². The van der Waals surface area contributed by atoms with Crippen molar-refractivity contribution in [2.24, 2.45) is 0 Å². The van der Waals surface area contributed by atoms with Crippen LogP contribution in [0.15, 0.2) is 24.8 Å². The van der Waals surface area contributed by atoms with Crippen LogP contribution < -0.4 is 9.64 Å². The van der Waals surface area contributed by atoms with Crippen LogP contribution in [0.4, 0.5) is 5.69 Å². The van der Waals surface area contributed by atoms with E-state index in [4.69, 9.17) is 21.4 Å². The first-order chi connectivity index (χ1) is 8.99. The monoisotopic (exact) mass is 283 g/mol. The van der Waals surface area contributed by atoms with Crippen LogP contribution in [0.3, 0.4) is 0 Å². The molecule has 1 N–H and O–H groups in total. The van der Waals surface area contributed by atoms with Crippen LogP contribution in [0.2, 0.25) is 5.02 Å². The fourth-order valence-corrected chi connectivity index (χ4v) is 1.91. The average Bonchev–Trinajstić information content (AvgIpc) is 2.37. The molecule has 0 fully saturated rings. The zero-order valence-electron chi connectivity index (χ0n) is 11.1. The van der Waals surface area contributed by atoms with Gasteiger partial charge in [0.05, 0.1) is 19.2 Å². The van der Waals surface area contributed by atoms with Crippen LogP contribution in [-0.2, 0) is 4.79 Å². The number of nitrogens with zero attached hydrogens (tertiary/aromatic N) is 1. The summed E-state index contributed by atoms with van der Waals surface area (Å²) in [5, 5.41) is 9.42. The number of benzene rings is 1. The molecule has 0 amide bonds. The van der Waals surface area contributed by atoms with Gasteiger partial charge < -0.3 is 14.7 Å². The van der Waals surface area contributed by atoms with E-state index in [1.54, 1.807) is 19.3 Å². The average molecular weight is 284 g/mol. The molecule has 0 aliphatic heterocycles. The Bertz CT molecular complexity index is 474. The first kappa shape index (κ1) is 15.4. The summed E-state index contributed by atoms with van der Waals surface area (Å²) in [6, 6.07) is 3.63. The molecular formula is C14H18ClNO3. The number of aliphatic carboxylic acids is 1. The van der Waals surface area contributed by atoms with Gasteiger partial charge in [0.1, 0.15) is 5.75 Å². The van der Waals surface area contributed by atoms with E-state index in [1.165, 1.54) is 0 Å². The lowest BCUT2D eigenvalue weighted by atomic mass is 10.1. The van der Waals surface area contributed by atoms with Gasteiger partial charge in [-0.3, -0.25) is 4.79 Å². The van der Waals surface area contributed by atoms with Crippen LogP contribution in [0.25, 0.3) is 0 Å². The zero-order valence-corrected chi connectivity index (χ0v) is 11.9. The van der Waals surface area contributed by atoms with Crippen molar-refractivity contribution >= 4 is 23.3 Å². The molecule has 0 aliphatic rings. The molecule has 1 aromatic rings. The van der Waals surface area contributed by atoms with Crippen molar-refractivity contribution in [2.45, 2.75) is 13.3 Å². The van der Waals surface area contributed by atoms with Crippen molar-refractivity contribution in [1.82, 2.24) is 0 Å². The van der Waals surface area contributed by atoms with Crippen LogP contribution in [-0.4, -0.2) is 31.3 Å². The van der Waals surface area contributed by atoms with Crippen molar-refractivity contribution in [3.63, 3.8) is 0 Å². The topological polar surface area (TPSA) is 49.8 Å². The number of hydrogen-bond donors (Lipinski definition) is 1. The van der Waals surface area contributed by atoms with Crippen LogP contribution >= 0.6 is 11.6 Å². The molecule has 1 rings (SSSR count). The summed E-state index contributed by atoms with van der Waals surface area (Å²) in [6.45, 7) is 6.52. The quantitative estimate of drug-likeness (QED) is 0.781. The number of hydrogen-bond acceptors (Lipinski definition) is 3. The molecule has 0 aromatic heterocycles. The third kappa shape index (κ3) is 4.17. The van der Waals surface area contributed by atoms with Gasteiger partial charge in [-0.05, 0) is 18.6 Å². The Morgan fingerprint density at radius 1 is 1.58 bits per heavy atom. The molecule has 4 nitrogen and oxygen atoms in total. The molecule has 0 radical (unpaired) electrons. The fraction of sp³-hybridized carbons (Fsp3) is 0.357. The molecule has 5 heteroatoms. The Morgan fingerprint density at radius 2 is 2.26 bits per heavy atom. The molecule has 104 valence electrons. The summed E-state index contributed by atoms with van der Waals surface area (Å²) in [5.41, 5.74) is 1.74. The van der Waals surface area contributed by atoms with Gasteiger partial charge in [-0.1, -0.05) is 17.7 Å². The van der Waals surface area contributed by atoms with Crippen molar-refractivity contribution in [2.75, 3.05) is 25.1 Å². The Morgan fingerprint density at radius 3 is 2.79 bits per heavy atom. The number of rotatable bonds is 7. The lowest BCUT2D eigenvalue weighted by Gasteiger charge is -2.25. The van der Waals surface area contributed by atoms with Gasteiger partial charge in [0.15, 0.2) is 0 Å². The highest BCUT2D eigenvalue weighted by atomic mass is 35.5. The van der Waals surface area contributed by atoms with Crippen molar-refractivity contribution in [1.29, 1.82) is 0 Å². The number of halogens is 1. The number of ether oxygens (including phenoxy) is 1. The third-order valence-electron chi connectivity index (χ3n) is 2.75. The zero-order chi connectivity index (χ0) is 14.4. The van der Waals surface area contributed by atoms with Gasteiger partial charge in [-0.2, -0.15) is 0 Å².